The zero-order chi connectivity index (χ0) is 13.9. The molecule has 20 heavy (non-hydrogen) atoms. The van der Waals surface area contributed by atoms with Crippen molar-refractivity contribution in [1.29, 1.82) is 0 Å². The summed E-state index contributed by atoms with van der Waals surface area (Å²) in [6.07, 6.45) is 10.7. The lowest BCUT2D eigenvalue weighted by Crippen LogP contribution is -2.52. The highest BCUT2D eigenvalue weighted by Crippen LogP contribution is 2.52. The molecule has 0 amide bonds. The van der Waals surface area contributed by atoms with E-state index in [-0.39, 0.29) is 0 Å². The Morgan fingerprint density at radius 3 is 1.15 bits per heavy atom. The van der Waals surface area contributed by atoms with Gasteiger partial charge in [-0.1, -0.05) is 25.7 Å². The van der Waals surface area contributed by atoms with Crippen molar-refractivity contribution >= 4 is 11.7 Å². The smallest absolute Gasteiger partial charge is 0.0656 e. The number of hydrogen-bond acceptors (Lipinski definition) is 2. The molecule has 0 N–H and O–H groups in total. The largest absolute Gasteiger partial charge is 0.240 e. The van der Waals surface area contributed by atoms with Crippen molar-refractivity contribution in [1.82, 2.24) is 0 Å². The second-order valence-corrected chi connectivity index (χ2v) is 6.78. The van der Waals surface area contributed by atoms with Gasteiger partial charge in [0.25, 0.3) is 0 Å². The third-order valence-corrected chi connectivity index (χ3v) is 5.99. The van der Waals surface area contributed by atoms with Gasteiger partial charge in [-0.25, -0.2) is 9.98 Å². The molecule has 4 atom stereocenters. The van der Waals surface area contributed by atoms with Gasteiger partial charge in [0.1, 0.15) is 0 Å². The first kappa shape index (κ1) is 13.9. The molecule has 3 rings (SSSR count). The van der Waals surface area contributed by atoms with Crippen LogP contribution in [0.15, 0.2) is 23.1 Å². The van der Waals surface area contributed by atoms with Crippen molar-refractivity contribution in [3.63, 3.8) is 0 Å². The Morgan fingerprint density at radius 1 is 0.600 bits per heavy atom. The van der Waals surface area contributed by atoms with Crippen LogP contribution in [0.2, 0.25) is 0 Å². The summed E-state index contributed by atoms with van der Waals surface area (Å²) >= 11 is 0. The van der Waals surface area contributed by atoms with Crippen LogP contribution in [0, 0.1) is 23.7 Å². The van der Waals surface area contributed by atoms with Gasteiger partial charge in [-0.15, -0.1) is 0 Å². The number of aliphatic imine (C=N–C) groups is 2. The molecule has 2 heteroatoms. The predicted octanol–water partition coefficient (Wildman–Crippen LogP) is 4.06. The average molecular weight is 270 g/mol. The highest BCUT2D eigenvalue weighted by atomic mass is 14.9. The lowest BCUT2D eigenvalue weighted by molar-refractivity contribution is 0.0119. The van der Waals surface area contributed by atoms with E-state index in [0.29, 0.717) is 35.8 Å². The van der Waals surface area contributed by atoms with Crippen LogP contribution in [-0.2, 0) is 0 Å². The highest BCUT2D eigenvalue weighted by Gasteiger charge is 2.51. The van der Waals surface area contributed by atoms with Gasteiger partial charge in [-0.2, -0.15) is 0 Å². The SMILES string of the molecule is C=C=NC1C2CCCCC2C(N=C=C)C2CCCCC21. The minimum atomic E-state index is 0.458. The van der Waals surface area contributed by atoms with Gasteiger partial charge >= 0.3 is 0 Å². The fourth-order valence-corrected chi connectivity index (χ4v) is 5.30. The molecule has 0 heterocycles. The molecule has 0 aromatic carbocycles. The van der Waals surface area contributed by atoms with Gasteiger partial charge < -0.3 is 0 Å². The monoisotopic (exact) mass is 270 g/mol. The topological polar surface area (TPSA) is 24.7 Å². The average Bonchev–Trinajstić information content (AvgIpc) is 2.50. The first-order valence-electron chi connectivity index (χ1n) is 8.30. The van der Waals surface area contributed by atoms with E-state index in [1.165, 1.54) is 51.4 Å². The van der Waals surface area contributed by atoms with Gasteiger partial charge in [0.05, 0.1) is 12.1 Å². The number of rotatable bonds is 2. The van der Waals surface area contributed by atoms with Gasteiger partial charge in [-0.05, 0) is 74.3 Å². The standard InChI is InChI=1S/C18H26N2/c1-3-19-17-13-9-5-7-11-15(13)18(20-4-2)16-12-8-6-10-14(16)17/h13-18H,1-2,5-12H2. The predicted molar refractivity (Wildman–Crippen MR) is 84.6 cm³/mol. The summed E-state index contributed by atoms with van der Waals surface area (Å²) in [5.41, 5.74) is 0. The Balaban J connectivity index is 1.97. The number of hydrogen-bond donors (Lipinski definition) is 0. The second kappa shape index (κ2) is 6.12. The van der Waals surface area contributed by atoms with Crippen molar-refractivity contribution < 1.29 is 0 Å². The third-order valence-electron chi connectivity index (χ3n) is 5.99. The minimum Gasteiger partial charge on any atom is -0.240 e. The molecule has 3 saturated carbocycles. The van der Waals surface area contributed by atoms with E-state index < -0.39 is 0 Å². The Hall–Kier alpha value is -1.10. The van der Waals surface area contributed by atoms with Crippen LogP contribution in [0.4, 0.5) is 0 Å². The van der Waals surface area contributed by atoms with E-state index in [1.807, 2.05) is 0 Å². The lowest BCUT2D eigenvalue weighted by atomic mass is 9.55. The molecule has 0 aliphatic heterocycles. The van der Waals surface area contributed by atoms with Gasteiger partial charge in [0.2, 0.25) is 0 Å². The Kier molecular flexibility index (Phi) is 4.24. The summed E-state index contributed by atoms with van der Waals surface area (Å²) in [5, 5.41) is 0. The third kappa shape index (κ3) is 2.32. The molecule has 4 unspecified atom stereocenters. The van der Waals surface area contributed by atoms with E-state index in [2.05, 4.69) is 24.9 Å². The molecule has 2 nitrogen and oxygen atoms in total. The van der Waals surface area contributed by atoms with Crippen LogP contribution in [0.5, 0.6) is 0 Å². The maximum absolute atomic E-state index is 4.71. The van der Waals surface area contributed by atoms with Crippen LogP contribution < -0.4 is 0 Å². The van der Waals surface area contributed by atoms with Crippen molar-refractivity contribution in [3.05, 3.63) is 13.2 Å². The number of nitrogens with zero attached hydrogens (tertiary/aromatic N) is 2. The zero-order valence-corrected chi connectivity index (χ0v) is 12.4. The number of fused-ring (bicyclic) bond motifs is 2. The molecule has 3 fully saturated rings. The van der Waals surface area contributed by atoms with Gasteiger partial charge in [0.15, 0.2) is 0 Å². The van der Waals surface area contributed by atoms with Crippen LogP contribution >= 0.6 is 0 Å². The first-order chi connectivity index (χ1) is 9.86. The van der Waals surface area contributed by atoms with Crippen LogP contribution in [0.3, 0.4) is 0 Å². The lowest BCUT2D eigenvalue weighted by Gasteiger charge is -2.52. The van der Waals surface area contributed by atoms with Crippen molar-refractivity contribution in [2.24, 2.45) is 33.7 Å². The van der Waals surface area contributed by atoms with E-state index in [9.17, 15) is 0 Å². The minimum absolute atomic E-state index is 0.458. The Labute approximate surface area is 122 Å². The van der Waals surface area contributed by atoms with Crippen LogP contribution in [0.25, 0.3) is 0 Å². The van der Waals surface area contributed by atoms with Gasteiger partial charge in [-0.3, -0.25) is 0 Å². The summed E-state index contributed by atoms with van der Waals surface area (Å²) in [6.45, 7) is 7.50. The maximum atomic E-state index is 4.71. The second-order valence-electron chi connectivity index (χ2n) is 6.78. The molecule has 0 spiro atoms. The highest BCUT2D eigenvalue weighted by molar-refractivity contribution is 5.48. The molecular weight excluding hydrogens is 244 g/mol. The fourth-order valence-electron chi connectivity index (χ4n) is 5.30. The summed E-state index contributed by atoms with van der Waals surface area (Å²) in [5.74, 6) is 8.51. The van der Waals surface area contributed by atoms with Gasteiger partial charge in [0, 0.05) is 0 Å². The normalized spacial score (nSPS) is 43.4. The van der Waals surface area contributed by atoms with Crippen LogP contribution in [0.1, 0.15) is 51.4 Å². The summed E-state index contributed by atoms with van der Waals surface area (Å²) in [4.78, 5) is 9.42. The quantitative estimate of drug-likeness (QED) is 0.676. The summed E-state index contributed by atoms with van der Waals surface area (Å²) < 4.78 is 0. The van der Waals surface area contributed by atoms with Crippen LogP contribution in [-0.4, -0.2) is 23.8 Å². The molecule has 0 radical (unpaired) electrons. The van der Waals surface area contributed by atoms with E-state index in [1.54, 1.807) is 0 Å². The zero-order valence-electron chi connectivity index (χ0n) is 12.4. The fraction of sp³-hybridized carbons (Fsp3) is 0.778. The molecule has 3 aliphatic rings. The molecule has 0 aromatic heterocycles. The maximum Gasteiger partial charge on any atom is 0.0656 e. The van der Waals surface area contributed by atoms with E-state index in [0.717, 1.165) is 0 Å². The van der Waals surface area contributed by atoms with Crippen molar-refractivity contribution in [2.45, 2.75) is 63.5 Å². The van der Waals surface area contributed by atoms with Crippen molar-refractivity contribution in [3.8, 4) is 0 Å². The molecule has 0 aromatic rings. The summed E-state index contributed by atoms with van der Waals surface area (Å²) in [7, 11) is 0. The summed E-state index contributed by atoms with van der Waals surface area (Å²) in [6, 6.07) is 0.915. The van der Waals surface area contributed by atoms with E-state index in [4.69, 9.17) is 9.98 Å². The van der Waals surface area contributed by atoms with Crippen molar-refractivity contribution in [2.75, 3.05) is 0 Å². The molecular formula is C18H26N2. The Morgan fingerprint density at radius 2 is 0.900 bits per heavy atom. The molecule has 0 saturated heterocycles. The van der Waals surface area contributed by atoms with E-state index >= 15 is 0 Å². The molecule has 3 aliphatic carbocycles. The molecule has 0 bridgehead atoms. The first-order valence-corrected chi connectivity index (χ1v) is 8.30. The molecule has 108 valence electrons. The Bertz CT molecular complexity index is 376.